The highest BCUT2D eigenvalue weighted by molar-refractivity contribution is 7.89. The molecule has 1 fully saturated rings. The Labute approximate surface area is 190 Å². The van der Waals surface area contributed by atoms with Gasteiger partial charge in [-0.25, -0.2) is 8.42 Å². The van der Waals surface area contributed by atoms with E-state index < -0.39 is 16.1 Å². The first kappa shape index (κ1) is 24.1. The van der Waals surface area contributed by atoms with E-state index in [1.807, 2.05) is 31.2 Å². The molecule has 2 aromatic carbocycles. The van der Waals surface area contributed by atoms with Crippen LogP contribution in [0.2, 0.25) is 0 Å². The summed E-state index contributed by atoms with van der Waals surface area (Å²) in [6, 6.07) is 14.2. The van der Waals surface area contributed by atoms with E-state index >= 15 is 0 Å². The predicted octanol–water partition coefficient (Wildman–Crippen LogP) is 3.39. The third kappa shape index (κ3) is 6.23. The topological polar surface area (TPSA) is 84.9 Å². The van der Waals surface area contributed by atoms with Crippen LogP contribution in [0, 0.1) is 0 Å². The molecular formula is C24H32N2O5S. The summed E-state index contributed by atoms with van der Waals surface area (Å²) in [5.41, 5.74) is 1.22. The summed E-state index contributed by atoms with van der Waals surface area (Å²) >= 11 is 0. The molecule has 1 aliphatic rings. The third-order valence-corrected chi connectivity index (χ3v) is 7.38. The molecule has 2 aromatic rings. The maximum atomic E-state index is 12.6. The van der Waals surface area contributed by atoms with E-state index in [4.69, 9.17) is 9.47 Å². The highest BCUT2D eigenvalue weighted by Crippen LogP contribution is 2.23. The van der Waals surface area contributed by atoms with Crippen LogP contribution in [-0.4, -0.2) is 51.0 Å². The van der Waals surface area contributed by atoms with Gasteiger partial charge in [-0.2, -0.15) is 4.31 Å². The van der Waals surface area contributed by atoms with Crippen LogP contribution in [0.3, 0.4) is 0 Å². The highest BCUT2D eigenvalue weighted by atomic mass is 32.2. The molecule has 174 valence electrons. The number of rotatable bonds is 11. The van der Waals surface area contributed by atoms with Crippen molar-refractivity contribution in [1.82, 2.24) is 9.62 Å². The van der Waals surface area contributed by atoms with E-state index in [0.29, 0.717) is 37.6 Å². The molecular weight excluding hydrogens is 428 g/mol. The number of hydrogen-bond donors (Lipinski definition) is 1. The van der Waals surface area contributed by atoms with Gasteiger partial charge < -0.3 is 14.8 Å². The molecule has 3 rings (SSSR count). The van der Waals surface area contributed by atoms with Crippen LogP contribution in [0.4, 0.5) is 0 Å². The number of aryl methyl sites for hydroxylation is 1. The third-order valence-electron chi connectivity index (χ3n) is 5.47. The van der Waals surface area contributed by atoms with Crippen molar-refractivity contribution in [3.63, 3.8) is 0 Å². The molecule has 32 heavy (non-hydrogen) atoms. The van der Waals surface area contributed by atoms with Crippen molar-refractivity contribution in [2.45, 2.75) is 50.5 Å². The van der Waals surface area contributed by atoms with Gasteiger partial charge >= 0.3 is 0 Å². The molecule has 0 bridgehead atoms. The largest absolute Gasteiger partial charge is 0.492 e. The molecule has 1 aliphatic heterocycles. The first-order valence-corrected chi connectivity index (χ1v) is 12.6. The highest BCUT2D eigenvalue weighted by Gasteiger charge is 2.27. The van der Waals surface area contributed by atoms with Crippen molar-refractivity contribution in [2.75, 3.05) is 26.2 Å². The number of amides is 1. The van der Waals surface area contributed by atoms with Crippen molar-refractivity contribution >= 4 is 15.9 Å². The van der Waals surface area contributed by atoms with E-state index in [-0.39, 0.29) is 17.4 Å². The Bertz CT molecular complexity index is 968. The lowest BCUT2D eigenvalue weighted by Gasteiger charge is -2.18. The van der Waals surface area contributed by atoms with Crippen LogP contribution in [-0.2, 0) is 21.2 Å². The first-order valence-electron chi connectivity index (χ1n) is 11.2. The van der Waals surface area contributed by atoms with E-state index in [1.165, 1.54) is 9.87 Å². The maximum absolute atomic E-state index is 12.6. The van der Waals surface area contributed by atoms with Crippen molar-refractivity contribution in [1.29, 1.82) is 0 Å². The SMILES string of the molecule is CCc1ccc(O[C@@H](CC)C(=O)NCCOc2ccc(S(=O)(=O)N3CCCC3)cc2)cc1. The number of ether oxygens (including phenoxy) is 2. The second-order valence-electron chi connectivity index (χ2n) is 7.73. The zero-order chi connectivity index (χ0) is 23.0. The fourth-order valence-electron chi connectivity index (χ4n) is 3.53. The number of benzene rings is 2. The molecule has 1 heterocycles. The van der Waals surface area contributed by atoms with Crippen LogP contribution in [0.15, 0.2) is 53.4 Å². The molecule has 8 heteroatoms. The van der Waals surface area contributed by atoms with Crippen LogP contribution < -0.4 is 14.8 Å². The van der Waals surface area contributed by atoms with Gasteiger partial charge in [0.15, 0.2) is 6.10 Å². The minimum absolute atomic E-state index is 0.192. The zero-order valence-corrected chi connectivity index (χ0v) is 19.6. The molecule has 7 nitrogen and oxygen atoms in total. The lowest BCUT2D eigenvalue weighted by molar-refractivity contribution is -0.128. The Balaban J connectivity index is 1.44. The zero-order valence-electron chi connectivity index (χ0n) is 18.7. The summed E-state index contributed by atoms with van der Waals surface area (Å²) in [6.45, 7) is 5.73. The van der Waals surface area contributed by atoms with Gasteiger partial charge in [0.1, 0.15) is 18.1 Å². The second kappa shape index (κ2) is 11.3. The van der Waals surface area contributed by atoms with Crippen molar-refractivity contribution in [3.05, 3.63) is 54.1 Å². The molecule has 0 aromatic heterocycles. The van der Waals surface area contributed by atoms with Crippen molar-refractivity contribution in [3.8, 4) is 11.5 Å². The van der Waals surface area contributed by atoms with Gasteiger partial charge in [-0.05, 0) is 67.6 Å². The molecule has 0 spiro atoms. The van der Waals surface area contributed by atoms with Gasteiger partial charge in [-0.1, -0.05) is 26.0 Å². The summed E-state index contributed by atoms with van der Waals surface area (Å²) in [4.78, 5) is 12.7. The molecule has 1 amide bonds. The lowest BCUT2D eigenvalue weighted by Crippen LogP contribution is -2.39. The van der Waals surface area contributed by atoms with Crippen LogP contribution in [0.1, 0.15) is 38.7 Å². The fourth-order valence-corrected chi connectivity index (χ4v) is 5.05. The number of carbonyl (C=O) groups is 1. The average molecular weight is 461 g/mol. The Kier molecular flexibility index (Phi) is 8.53. The molecule has 0 aliphatic carbocycles. The minimum Gasteiger partial charge on any atom is -0.492 e. The Morgan fingerprint density at radius 3 is 2.22 bits per heavy atom. The number of sulfonamides is 1. The van der Waals surface area contributed by atoms with Crippen LogP contribution in [0.25, 0.3) is 0 Å². The Hall–Kier alpha value is -2.58. The molecule has 1 N–H and O–H groups in total. The van der Waals surface area contributed by atoms with Gasteiger partial charge in [-0.15, -0.1) is 0 Å². The maximum Gasteiger partial charge on any atom is 0.261 e. The second-order valence-corrected chi connectivity index (χ2v) is 9.67. The fraction of sp³-hybridized carbons (Fsp3) is 0.458. The standard InChI is InChI=1S/C24H32N2O5S/c1-3-19-7-9-21(10-8-19)31-23(4-2)24(27)25-15-18-30-20-11-13-22(14-12-20)32(28,29)26-16-5-6-17-26/h7-14,23H,3-6,15-18H2,1-2H3,(H,25,27)/t23-/m0/s1. The van der Waals surface area contributed by atoms with Crippen molar-refractivity contribution < 1.29 is 22.7 Å². The smallest absolute Gasteiger partial charge is 0.261 e. The van der Waals surface area contributed by atoms with E-state index in [9.17, 15) is 13.2 Å². The number of hydrogen-bond acceptors (Lipinski definition) is 5. The normalized spacial score (nSPS) is 15.3. The summed E-state index contributed by atoms with van der Waals surface area (Å²) in [7, 11) is -3.43. The van der Waals surface area contributed by atoms with Crippen LogP contribution in [0.5, 0.6) is 11.5 Å². The van der Waals surface area contributed by atoms with Gasteiger partial charge in [-0.3, -0.25) is 4.79 Å². The molecule has 1 saturated heterocycles. The first-order chi connectivity index (χ1) is 15.4. The lowest BCUT2D eigenvalue weighted by atomic mass is 10.2. The quantitative estimate of drug-likeness (QED) is 0.520. The van der Waals surface area contributed by atoms with Gasteiger partial charge in [0.2, 0.25) is 10.0 Å². The monoisotopic (exact) mass is 460 g/mol. The van der Waals surface area contributed by atoms with Gasteiger partial charge in [0.05, 0.1) is 11.4 Å². The number of nitrogens with one attached hydrogen (secondary N) is 1. The van der Waals surface area contributed by atoms with Gasteiger partial charge in [0, 0.05) is 13.1 Å². The van der Waals surface area contributed by atoms with E-state index in [1.54, 1.807) is 24.3 Å². The molecule has 0 unspecified atom stereocenters. The summed E-state index contributed by atoms with van der Waals surface area (Å²) in [5.74, 6) is 1.03. The van der Waals surface area contributed by atoms with Crippen molar-refractivity contribution in [2.24, 2.45) is 0 Å². The van der Waals surface area contributed by atoms with Crippen LogP contribution >= 0.6 is 0 Å². The predicted molar refractivity (Wildman–Crippen MR) is 123 cm³/mol. The Morgan fingerprint density at radius 1 is 1.00 bits per heavy atom. The molecule has 0 radical (unpaired) electrons. The summed E-state index contributed by atoms with van der Waals surface area (Å²) in [5, 5.41) is 2.83. The molecule has 0 saturated carbocycles. The van der Waals surface area contributed by atoms with E-state index in [0.717, 1.165) is 19.3 Å². The molecule has 1 atom stereocenters. The van der Waals surface area contributed by atoms with E-state index in [2.05, 4.69) is 12.2 Å². The average Bonchev–Trinajstić information content (AvgIpc) is 3.37. The summed E-state index contributed by atoms with van der Waals surface area (Å²) in [6.07, 6.45) is 2.74. The minimum atomic E-state index is -3.43. The Morgan fingerprint density at radius 2 is 1.62 bits per heavy atom. The number of nitrogens with zero attached hydrogens (tertiary/aromatic N) is 1. The van der Waals surface area contributed by atoms with Gasteiger partial charge in [0.25, 0.3) is 5.91 Å². The summed E-state index contributed by atoms with van der Waals surface area (Å²) < 4.78 is 38.1. The number of carbonyl (C=O) groups excluding carboxylic acids is 1.